The second-order valence-corrected chi connectivity index (χ2v) is 28.2. The zero-order chi connectivity index (χ0) is 39.9. The number of aromatic nitrogens is 3. The van der Waals surface area contributed by atoms with Gasteiger partial charge in [0.1, 0.15) is 0 Å². The fraction of sp³-hybridized carbons (Fsp3) is 0.241. The smallest absolute Gasteiger partial charge is 0.183 e. The van der Waals surface area contributed by atoms with Crippen molar-refractivity contribution < 1.29 is 24.5 Å². The molecular formula is C54H49GeIrN3O-2. The second-order valence-electron chi connectivity index (χ2n) is 17.6. The van der Waals surface area contributed by atoms with E-state index in [0.29, 0.717) is 5.71 Å². The van der Waals surface area contributed by atoms with E-state index in [1.807, 2.05) is 12.3 Å². The predicted molar refractivity (Wildman–Crippen MR) is 248 cm³/mol. The summed E-state index contributed by atoms with van der Waals surface area (Å²) in [6, 6.07) is 47.5. The molecule has 4 heterocycles. The number of benzene rings is 5. The number of fused-ring (bicyclic) bond motifs is 6. The third-order valence-electron chi connectivity index (χ3n) is 12.6. The minimum Gasteiger partial charge on any atom is -0.482 e. The number of hydrogen-bond donors (Lipinski definition) is 0. The Labute approximate surface area is 369 Å². The summed E-state index contributed by atoms with van der Waals surface area (Å²) in [6.45, 7) is 0. The normalized spacial score (nSPS) is 14.2. The first-order valence-electron chi connectivity index (χ1n) is 21.5. The maximum Gasteiger partial charge on any atom is 0.183 e. The van der Waals surface area contributed by atoms with Crippen molar-refractivity contribution in [2.75, 3.05) is 0 Å². The summed E-state index contributed by atoms with van der Waals surface area (Å²) in [7, 11) is 0. The number of furan rings is 1. The summed E-state index contributed by atoms with van der Waals surface area (Å²) in [6.07, 6.45) is 15.7. The third-order valence-corrected chi connectivity index (χ3v) is 16.9. The predicted octanol–water partition coefficient (Wildman–Crippen LogP) is 13.5. The molecule has 4 nitrogen and oxygen atoms in total. The van der Waals surface area contributed by atoms with E-state index in [4.69, 9.17) is 19.4 Å². The molecule has 2 aliphatic rings. The van der Waals surface area contributed by atoms with Gasteiger partial charge in [0.2, 0.25) is 0 Å². The molecule has 0 atom stereocenters. The van der Waals surface area contributed by atoms with Crippen LogP contribution in [-0.4, -0.2) is 28.2 Å². The van der Waals surface area contributed by atoms with Crippen molar-refractivity contribution in [2.24, 2.45) is 5.92 Å². The molecule has 60 heavy (non-hydrogen) atoms. The van der Waals surface area contributed by atoms with Gasteiger partial charge in [-0.05, 0) is 59.5 Å². The van der Waals surface area contributed by atoms with Gasteiger partial charge in [-0.25, -0.2) is 4.98 Å². The van der Waals surface area contributed by atoms with Crippen molar-refractivity contribution >= 4 is 61.3 Å². The Hall–Kier alpha value is -4.94. The number of hydrogen-bond acceptors (Lipinski definition) is 4. The van der Waals surface area contributed by atoms with E-state index in [2.05, 4.69) is 145 Å². The summed E-state index contributed by atoms with van der Waals surface area (Å²) in [4.78, 5) is 14.5. The van der Waals surface area contributed by atoms with Crippen molar-refractivity contribution in [1.82, 2.24) is 15.0 Å². The SMILES string of the molecule is [CH3][Ge]([CH3])([CH3])[c]1cnc(-c2[c-]cc3ccccc3c2)cc1CC1CCCC1.[Ir].[c-]1c(-c2nccc3c2CCCC3)ccc2oc3nc(-c4cccc5ccccc45)ccc3c12. The van der Waals surface area contributed by atoms with E-state index in [1.54, 1.807) is 9.96 Å². The molecule has 0 saturated heterocycles. The first-order chi connectivity index (χ1) is 28.9. The second kappa shape index (κ2) is 17.2. The number of pyridine rings is 3. The zero-order valence-corrected chi connectivity index (χ0v) is 39.1. The van der Waals surface area contributed by atoms with Crippen LogP contribution in [0.25, 0.3) is 77.4 Å². The average Bonchev–Trinajstić information content (AvgIpc) is 3.93. The molecule has 0 unspecified atom stereocenters. The monoisotopic (exact) mass is 1020 g/mol. The molecule has 2 aliphatic carbocycles. The van der Waals surface area contributed by atoms with Gasteiger partial charge in [-0.15, -0.1) is 12.1 Å². The van der Waals surface area contributed by atoms with Gasteiger partial charge in [-0.1, -0.05) is 71.1 Å². The fourth-order valence-corrected chi connectivity index (χ4v) is 12.8. The van der Waals surface area contributed by atoms with Gasteiger partial charge < -0.3 is 4.42 Å². The van der Waals surface area contributed by atoms with Crippen LogP contribution in [0.3, 0.4) is 0 Å². The molecule has 0 N–H and O–H groups in total. The maximum atomic E-state index is 6.17. The average molecular weight is 1020 g/mol. The molecule has 0 aliphatic heterocycles. The first kappa shape index (κ1) is 40.5. The summed E-state index contributed by atoms with van der Waals surface area (Å²) in [5, 5.41) is 6.85. The van der Waals surface area contributed by atoms with Crippen LogP contribution in [0.5, 0.6) is 0 Å². The minimum absolute atomic E-state index is 0. The molecule has 6 heteroatoms. The molecular weight excluding hydrogens is 971 g/mol. The molecule has 301 valence electrons. The Morgan fingerprint density at radius 2 is 1.48 bits per heavy atom. The molecule has 0 bridgehead atoms. The van der Waals surface area contributed by atoms with Crippen LogP contribution in [0.15, 0.2) is 132 Å². The van der Waals surface area contributed by atoms with Crippen molar-refractivity contribution in [1.29, 1.82) is 0 Å². The van der Waals surface area contributed by atoms with E-state index in [9.17, 15) is 0 Å². The van der Waals surface area contributed by atoms with Crippen LogP contribution in [-0.2, 0) is 39.4 Å². The van der Waals surface area contributed by atoms with Crippen molar-refractivity contribution in [3.8, 4) is 33.8 Å². The molecule has 0 amide bonds. The third kappa shape index (κ3) is 8.12. The summed E-state index contributed by atoms with van der Waals surface area (Å²) >= 11 is -1.92. The number of rotatable bonds is 6. The molecule has 1 radical (unpaired) electrons. The maximum absolute atomic E-state index is 6.17. The molecule has 0 spiro atoms. The number of nitrogens with zero attached hydrogens (tertiary/aromatic N) is 3. The van der Waals surface area contributed by atoms with Gasteiger partial charge in [-0.3, -0.25) is 4.98 Å². The quantitative estimate of drug-likeness (QED) is 0.123. The van der Waals surface area contributed by atoms with Crippen LogP contribution >= 0.6 is 0 Å². The van der Waals surface area contributed by atoms with Crippen LogP contribution in [0.4, 0.5) is 0 Å². The molecule has 9 aromatic rings. The van der Waals surface area contributed by atoms with Crippen molar-refractivity contribution in [3.63, 3.8) is 0 Å². The zero-order valence-electron chi connectivity index (χ0n) is 34.6. The van der Waals surface area contributed by atoms with E-state index >= 15 is 0 Å². The summed E-state index contributed by atoms with van der Waals surface area (Å²) < 4.78 is 7.75. The molecule has 1 fully saturated rings. The van der Waals surface area contributed by atoms with Crippen LogP contribution in [0.1, 0.15) is 55.2 Å². The van der Waals surface area contributed by atoms with Gasteiger partial charge in [0.25, 0.3) is 0 Å². The van der Waals surface area contributed by atoms with E-state index in [-0.39, 0.29) is 20.1 Å². The molecule has 4 aromatic heterocycles. The van der Waals surface area contributed by atoms with Crippen LogP contribution in [0, 0.1) is 18.1 Å². The van der Waals surface area contributed by atoms with E-state index in [1.165, 1.54) is 77.6 Å². The van der Waals surface area contributed by atoms with Gasteiger partial charge >= 0.3 is 160 Å². The standard InChI is InChI=1S/C30H21N2O.C24H28GeN.Ir/c1-3-9-22-19(6-1)8-5-11-24(22)27-14-13-25-26-18-21(12-15-28(26)33-30(25)32-27)29-23-10-4-2-7-20(23)16-17-31-29;1-25(2,3)23-17-26-24(16-22(23)14-18-8-4-5-9-18)21-13-12-19-10-6-7-11-20(19)15-21;/h1,3,5-6,8-9,11-17H,2,4,7,10H2;6-7,10-12,15-18H,4-5,8-9,14H2,1-3H3;/q2*-1;. The van der Waals surface area contributed by atoms with Crippen molar-refractivity contribution in [2.45, 2.75) is 75.1 Å². The van der Waals surface area contributed by atoms with Gasteiger partial charge in [0.05, 0.1) is 11.3 Å². The van der Waals surface area contributed by atoms with E-state index < -0.39 is 13.3 Å². The van der Waals surface area contributed by atoms with E-state index in [0.717, 1.165) is 68.9 Å². The van der Waals surface area contributed by atoms with Gasteiger partial charge in [0.15, 0.2) is 5.71 Å². The van der Waals surface area contributed by atoms with Crippen LogP contribution in [0.2, 0.25) is 17.3 Å². The Balaban J connectivity index is 0.000000156. The fourth-order valence-electron chi connectivity index (χ4n) is 9.50. The summed E-state index contributed by atoms with van der Waals surface area (Å²) in [5.41, 5.74) is 12.1. The largest absolute Gasteiger partial charge is 0.482 e. The minimum atomic E-state index is -1.92. The Morgan fingerprint density at radius 3 is 2.33 bits per heavy atom. The number of aryl methyl sites for hydroxylation is 1. The Bertz CT molecular complexity index is 2990. The van der Waals surface area contributed by atoms with Gasteiger partial charge in [0, 0.05) is 37.6 Å². The summed E-state index contributed by atoms with van der Waals surface area (Å²) in [5.74, 6) is 8.32. The molecule has 11 rings (SSSR count). The first-order valence-corrected chi connectivity index (χ1v) is 28.8. The molecule has 5 aromatic carbocycles. The van der Waals surface area contributed by atoms with Gasteiger partial charge in [-0.2, -0.15) is 0 Å². The molecule has 1 saturated carbocycles. The van der Waals surface area contributed by atoms with Crippen molar-refractivity contribution in [3.05, 3.63) is 156 Å². The van der Waals surface area contributed by atoms with Crippen LogP contribution < -0.4 is 4.40 Å². The topological polar surface area (TPSA) is 51.8 Å². The Kier molecular flexibility index (Phi) is 11.6. The Morgan fingerprint density at radius 1 is 0.700 bits per heavy atom.